The number of nitrogens with one attached hydrogen (secondary N) is 2. The maximum absolute atomic E-state index is 13.5. The maximum Gasteiger partial charge on any atom is 0.319 e. The van der Waals surface area contributed by atoms with Crippen molar-refractivity contribution in [2.45, 2.75) is 51.7 Å². The highest BCUT2D eigenvalue weighted by atomic mass is 16.5. The monoisotopic (exact) mass is 415 g/mol. The number of hydrogen-bond acceptors (Lipinski definition) is 5. The van der Waals surface area contributed by atoms with Crippen LogP contribution in [0.15, 0.2) is 35.1 Å². The number of amides is 3. The average Bonchev–Trinajstić information content (AvgIpc) is 3.25. The van der Waals surface area contributed by atoms with E-state index in [0.29, 0.717) is 29.3 Å². The van der Waals surface area contributed by atoms with Crippen molar-refractivity contribution in [3.8, 4) is 11.5 Å². The number of urea groups is 1. The first kappa shape index (κ1) is 21.5. The van der Waals surface area contributed by atoms with Gasteiger partial charge < -0.3 is 29.4 Å². The van der Waals surface area contributed by atoms with Crippen molar-refractivity contribution in [1.82, 2.24) is 10.2 Å². The van der Waals surface area contributed by atoms with Gasteiger partial charge >= 0.3 is 6.03 Å². The van der Waals surface area contributed by atoms with Crippen molar-refractivity contribution in [2.24, 2.45) is 0 Å². The number of carbonyl (C=O) groups excluding carboxylic acids is 2. The van der Waals surface area contributed by atoms with Crippen LogP contribution in [0, 0.1) is 0 Å². The minimum absolute atomic E-state index is 0.122. The molecule has 2 N–H and O–H groups in total. The minimum atomic E-state index is -0.433. The number of piperidine rings is 1. The molecule has 1 aromatic heterocycles. The van der Waals surface area contributed by atoms with E-state index in [2.05, 4.69) is 24.5 Å². The van der Waals surface area contributed by atoms with Gasteiger partial charge in [-0.1, -0.05) is 0 Å². The third-order valence-corrected chi connectivity index (χ3v) is 5.46. The molecule has 2 heterocycles. The Bertz CT molecular complexity index is 871. The van der Waals surface area contributed by atoms with Gasteiger partial charge in [-0.05, 0) is 45.2 Å². The Kier molecular flexibility index (Phi) is 6.87. The minimum Gasteiger partial charge on any atom is -0.493 e. The maximum atomic E-state index is 13.5. The lowest BCUT2D eigenvalue weighted by Crippen LogP contribution is -2.47. The zero-order chi connectivity index (χ0) is 21.7. The number of rotatable bonds is 6. The van der Waals surface area contributed by atoms with Crippen LogP contribution in [-0.4, -0.2) is 43.1 Å². The molecule has 8 heteroatoms. The molecule has 0 aliphatic carbocycles. The molecular formula is C22H29N3O5. The van der Waals surface area contributed by atoms with Crippen molar-refractivity contribution in [2.75, 3.05) is 19.5 Å². The smallest absolute Gasteiger partial charge is 0.319 e. The Morgan fingerprint density at radius 3 is 2.40 bits per heavy atom. The summed E-state index contributed by atoms with van der Waals surface area (Å²) in [5, 5.41) is 5.54. The Hall–Kier alpha value is -3.16. The number of ether oxygens (including phenoxy) is 2. The summed E-state index contributed by atoms with van der Waals surface area (Å²) in [5.41, 5.74) is 1.57. The lowest BCUT2D eigenvalue weighted by atomic mass is 9.96. The van der Waals surface area contributed by atoms with Crippen molar-refractivity contribution in [1.29, 1.82) is 0 Å². The van der Waals surface area contributed by atoms with Crippen molar-refractivity contribution < 1.29 is 23.5 Å². The number of benzene rings is 1. The zero-order valence-corrected chi connectivity index (χ0v) is 17.9. The van der Waals surface area contributed by atoms with Gasteiger partial charge in [0.05, 0.1) is 38.0 Å². The summed E-state index contributed by atoms with van der Waals surface area (Å²) in [7, 11) is 3.03. The van der Waals surface area contributed by atoms with E-state index in [1.807, 2.05) is 4.90 Å². The summed E-state index contributed by atoms with van der Waals surface area (Å²) in [6.45, 7) is 4.41. The topological polar surface area (TPSA) is 93.0 Å². The molecule has 30 heavy (non-hydrogen) atoms. The summed E-state index contributed by atoms with van der Waals surface area (Å²) in [6.07, 6.45) is 6.11. The summed E-state index contributed by atoms with van der Waals surface area (Å²) in [6, 6.07) is 4.82. The Labute approximate surface area is 176 Å². The first-order valence-electron chi connectivity index (χ1n) is 10.1. The first-order chi connectivity index (χ1) is 14.4. The lowest BCUT2D eigenvalue weighted by Gasteiger charge is -2.39. The third-order valence-electron chi connectivity index (χ3n) is 5.46. The molecule has 0 radical (unpaired) electrons. The zero-order valence-electron chi connectivity index (χ0n) is 17.9. The summed E-state index contributed by atoms with van der Waals surface area (Å²) < 4.78 is 15.8. The SMILES string of the molecule is COc1cc(NC(=O)NCc2ccoc2)c(C(=O)N2C(C)CCCC2C)cc1OC. The van der Waals surface area contributed by atoms with Gasteiger partial charge in [0, 0.05) is 30.3 Å². The normalized spacial score (nSPS) is 18.6. The molecule has 3 rings (SSSR count). The fraction of sp³-hybridized carbons (Fsp3) is 0.455. The van der Waals surface area contributed by atoms with Crippen LogP contribution < -0.4 is 20.1 Å². The molecular weight excluding hydrogens is 386 g/mol. The largest absolute Gasteiger partial charge is 0.493 e. The third kappa shape index (κ3) is 4.69. The van der Waals surface area contributed by atoms with Crippen LogP contribution in [0.1, 0.15) is 49.0 Å². The van der Waals surface area contributed by atoms with Gasteiger partial charge in [0.15, 0.2) is 11.5 Å². The number of carbonyl (C=O) groups is 2. The Balaban J connectivity index is 1.88. The first-order valence-corrected chi connectivity index (χ1v) is 10.1. The van der Waals surface area contributed by atoms with Crippen molar-refractivity contribution in [3.63, 3.8) is 0 Å². The van der Waals surface area contributed by atoms with E-state index in [-0.39, 0.29) is 18.0 Å². The van der Waals surface area contributed by atoms with Crippen LogP contribution in [0.2, 0.25) is 0 Å². The average molecular weight is 415 g/mol. The van der Waals surface area contributed by atoms with Gasteiger partial charge in [-0.15, -0.1) is 0 Å². The van der Waals surface area contributed by atoms with Gasteiger partial charge in [0.2, 0.25) is 0 Å². The fourth-order valence-electron chi connectivity index (χ4n) is 3.86. The summed E-state index contributed by atoms with van der Waals surface area (Å²) >= 11 is 0. The van der Waals surface area contributed by atoms with Gasteiger partial charge in [-0.2, -0.15) is 0 Å². The standard InChI is InChI=1S/C22H29N3O5/c1-14-6-5-7-15(2)25(14)21(26)17-10-19(28-3)20(29-4)11-18(17)24-22(27)23-12-16-8-9-30-13-16/h8-11,13-15H,5-7,12H2,1-4H3,(H2,23,24,27). The molecule has 1 aliphatic heterocycles. The van der Waals surface area contributed by atoms with E-state index in [1.54, 1.807) is 30.7 Å². The highest BCUT2D eigenvalue weighted by molar-refractivity contribution is 6.04. The van der Waals surface area contributed by atoms with Crippen LogP contribution in [0.5, 0.6) is 11.5 Å². The molecule has 0 spiro atoms. The molecule has 2 aromatic rings. The molecule has 8 nitrogen and oxygen atoms in total. The second-order valence-electron chi connectivity index (χ2n) is 7.53. The molecule has 1 aromatic carbocycles. The van der Waals surface area contributed by atoms with E-state index < -0.39 is 6.03 Å². The molecule has 2 atom stereocenters. The molecule has 2 unspecified atom stereocenters. The van der Waals surface area contributed by atoms with E-state index in [1.165, 1.54) is 14.2 Å². The number of anilines is 1. The van der Waals surface area contributed by atoms with Crippen LogP contribution >= 0.6 is 0 Å². The van der Waals surface area contributed by atoms with Crippen LogP contribution in [0.25, 0.3) is 0 Å². The highest BCUT2D eigenvalue weighted by Gasteiger charge is 2.32. The second-order valence-corrected chi connectivity index (χ2v) is 7.53. The summed E-state index contributed by atoms with van der Waals surface area (Å²) in [5.74, 6) is 0.724. The molecule has 162 valence electrons. The number of nitrogens with zero attached hydrogens (tertiary/aromatic N) is 1. The predicted molar refractivity (Wildman–Crippen MR) is 113 cm³/mol. The van der Waals surface area contributed by atoms with Gasteiger partial charge in [0.25, 0.3) is 5.91 Å². The van der Waals surface area contributed by atoms with Crippen molar-refractivity contribution in [3.05, 3.63) is 41.9 Å². The van der Waals surface area contributed by atoms with E-state index in [0.717, 1.165) is 24.8 Å². The number of hydrogen-bond donors (Lipinski definition) is 2. The van der Waals surface area contributed by atoms with Crippen LogP contribution in [0.3, 0.4) is 0 Å². The number of methoxy groups -OCH3 is 2. The lowest BCUT2D eigenvalue weighted by molar-refractivity contribution is 0.0511. The number of likely N-dealkylation sites (tertiary alicyclic amines) is 1. The molecule has 1 fully saturated rings. The summed E-state index contributed by atoms with van der Waals surface area (Å²) in [4.78, 5) is 27.9. The Morgan fingerprint density at radius 1 is 1.13 bits per heavy atom. The van der Waals surface area contributed by atoms with Gasteiger partial charge in [-0.25, -0.2) is 4.79 Å². The number of furan rings is 1. The molecule has 0 saturated carbocycles. The van der Waals surface area contributed by atoms with E-state index in [9.17, 15) is 9.59 Å². The van der Waals surface area contributed by atoms with E-state index in [4.69, 9.17) is 13.9 Å². The van der Waals surface area contributed by atoms with Gasteiger partial charge in [0.1, 0.15) is 0 Å². The molecule has 1 saturated heterocycles. The van der Waals surface area contributed by atoms with Gasteiger partial charge in [-0.3, -0.25) is 4.79 Å². The molecule has 0 bridgehead atoms. The molecule has 1 aliphatic rings. The van der Waals surface area contributed by atoms with Crippen LogP contribution in [-0.2, 0) is 6.54 Å². The fourth-order valence-corrected chi connectivity index (χ4v) is 3.86. The second kappa shape index (κ2) is 9.56. The predicted octanol–water partition coefficient (Wildman–Crippen LogP) is 4.02. The Morgan fingerprint density at radius 2 is 1.80 bits per heavy atom. The van der Waals surface area contributed by atoms with Crippen molar-refractivity contribution >= 4 is 17.6 Å². The van der Waals surface area contributed by atoms with Crippen LogP contribution in [0.4, 0.5) is 10.5 Å². The highest BCUT2D eigenvalue weighted by Crippen LogP contribution is 2.35. The molecule has 3 amide bonds. The quantitative estimate of drug-likeness (QED) is 0.743. The van der Waals surface area contributed by atoms with E-state index >= 15 is 0 Å².